The van der Waals surface area contributed by atoms with Crippen molar-refractivity contribution in [2.75, 3.05) is 39.6 Å². The van der Waals surface area contributed by atoms with E-state index < -0.39 is 28.9 Å². The molecular weight excluding hydrogens is 459 g/mol. The first-order chi connectivity index (χ1) is 15.5. The third kappa shape index (κ3) is 6.87. The van der Waals surface area contributed by atoms with Gasteiger partial charge in [-0.1, -0.05) is 6.92 Å². The predicted octanol–water partition coefficient (Wildman–Crippen LogP) is 4.12. The van der Waals surface area contributed by atoms with Gasteiger partial charge in [0.1, 0.15) is 30.1 Å². The fourth-order valence-corrected chi connectivity index (χ4v) is 2.79. The molecule has 1 heterocycles. The fourth-order valence-electron chi connectivity index (χ4n) is 2.79. The highest BCUT2D eigenvalue weighted by molar-refractivity contribution is 5.82. The van der Waals surface area contributed by atoms with Crippen molar-refractivity contribution in [2.45, 2.75) is 32.4 Å². The Kier molecular flexibility index (Phi) is 9.17. The van der Waals surface area contributed by atoms with Crippen LogP contribution in [-0.2, 0) is 24.9 Å². The van der Waals surface area contributed by atoms with Crippen LogP contribution < -0.4 is 10.4 Å². The molecule has 0 aliphatic rings. The van der Waals surface area contributed by atoms with Crippen molar-refractivity contribution >= 4 is 16.9 Å². The van der Waals surface area contributed by atoms with Gasteiger partial charge in [0.15, 0.2) is 0 Å². The Labute approximate surface area is 185 Å². The standard InChI is InChI=1S/C21H23F5O7/c1-3-17(27)32-11-9-30-7-6-29-8-10-31-14-4-5-15-13(2)18(19(28)33-16(15)12-14)20(22,23)21(24,25)26/h4-5,12H,3,6-11H2,1-2H3. The van der Waals surface area contributed by atoms with Crippen LogP contribution in [0.2, 0.25) is 0 Å². The summed E-state index contributed by atoms with van der Waals surface area (Å²) in [5, 5.41) is -0.0705. The molecule has 0 N–H and O–H groups in total. The molecule has 2 aromatic rings. The molecule has 2 rings (SSSR count). The van der Waals surface area contributed by atoms with E-state index in [1.165, 1.54) is 18.2 Å². The van der Waals surface area contributed by atoms with Crippen molar-refractivity contribution in [1.82, 2.24) is 0 Å². The van der Waals surface area contributed by atoms with E-state index in [0.717, 1.165) is 6.92 Å². The maximum absolute atomic E-state index is 13.7. The van der Waals surface area contributed by atoms with Crippen LogP contribution >= 0.6 is 0 Å². The summed E-state index contributed by atoms with van der Waals surface area (Å²) in [6.07, 6.45) is -5.64. The minimum atomic E-state index is -5.93. The zero-order valence-corrected chi connectivity index (χ0v) is 17.9. The van der Waals surface area contributed by atoms with Gasteiger partial charge in [0.2, 0.25) is 0 Å². The molecule has 0 fully saturated rings. The molecule has 184 valence electrons. The van der Waals surface area contributed by atoms with E-state index in [1.807, 2.05) is 0 Å². The van der Waals surface area contributed by atoms with Crippen LogP contribution in [0.4, 0.5) is 22.0 Å². The molecule has 0 radical (unpaired) electrons. The van der Waals surface area contributed by atoms with E-state index >= 15 is 0 Å². The summed E-state index contributed by atoms with van der Waals surface area (Å²) in [7, 11) is 0. The van der Waals surface area contributed by atoms with E-state index in [4.69, 9.17) is 23.4 Å². The maximum atomic E-state index is 13.7. The third-order valence-electron chi connectivity index (χ3n) is 4.46. The highest BCUT2D eigenvalue weighted by Gasteiger charge is 2.61. The molecule has 1 aromatic carbocycles. The molecule has 0 atom stereocenters. The van der Waals surface area contributed by atoms with Gasteiger partial charge >= 0.3 is 23.7 Å². The van der Waals surface area contributed by atoms with Gasteiger partial charge in [0.05, 0.1) is 26.4 Å². The minimum absolute atomic E-state index is 0.0705. The number of hydrogen-bond donors (Lipinski definition) is 0. The zero-order valence-electron chi connectivity index (χ0n) is 17.9. The number of benzene rings is 1. The Morgan fingerprint density at radius 2 is 1.58 bits per heavy atom. The number of carbonyl (C=O) groups is 1. The Hall–Kier alpha value is -2.73. The first-order valence-corrected chi connectivity index (χ1v) is 9.95. The Morgan fingerprint density at radius 1 is 0.970 bits per heavy atom. The lowest BCUT2D eigenvalue weighted by atomic mass is 10.0. The molecule has 1 aromatic heterocycles. The Bertz CT molecular complexity index is 1000. The molecule has 0 spiro atoms. The summed E-state index contributed by atoms with van der Waals surface area (Å²) in [5.41, 5.74) is -4.22. The summed E-state index contributed by atoms with van der Waals surface area (Å²) in [4.78, 5) is 22.8. The van der Waals surface area contributed by atoms with Crippen LogP contribution in [0.5, 0.6) is 5.75 Å². The van der Waals surface area contributed by atoms with Gasteiger partial charge in [-0.2, -0.15) is 22.0 Å². The fraction of sp³-hybridized carbons (Fsp3) is 0.524. The molecular formula is C21H23F5O7. The van der Waals surface area contributed by atoms with Crippen molar-refractivity contribution in [1.29, 1.82) is 0 Å². The molecule has 7 nitrogen and oxygen atoms in total. The van der Waals surface area contributed by atoms with Crippen LogP contribution in [-0.4, -0.2) is 51.8 Å². The number of halogens is 5. The van der Waals surface area contributed by atoms with Gasteiger partial charge in [-0.3, -0.25) is 4.79 Å². The number of carbonyl (C=O) groups excluding carboxylic acids is 1. The lowest BCUT2D eigenvalue weighted by Crippen LogP contribution is -2.38. The van der Waals surface area contributed by atoms with Crippen molar-refractivity contribution in [3.05, 3.63) is 39.7 Å². The molecule has 0 saturated carbocycles. The maximum Gasteiger partial charge on any atom is 0.458 e. The summed E-state index contributed by atoms with van der Waals surface area (Å²) in [5.74, 6) is -5.45. The van der Waals surface area contributed by atoms with Gasteiger partial charge in [0, 0.05) is 17.9 Å². The summed E-state index contributed by atoms with van der Waals surface area (Å²) < 4.78 is 91.1. The lowest BCUT2D eigenvalue weighted by molar-refractivity contribution is -0.290. The van der Waals surface area contributed by atoms with Gasteiger partial charge < -0.3 is 23.4 Å². The van der Waals surface area contributed by atoms with Crippen molar-refractivity contribution in [3.8, 4) is 5.75 Å². The summed E-state index contributed by atoms with van der Waals surface area (Å²) in [6.45, 7) is 3.87. The average Bonchev–Trinajstić information content (AvgIpc) is 2.73. The zero-order chi connectivity index (χ0) is 24.6. The van der Waals surface area contributed by atoms with Crippen LogP contribution in [0.3, 0.4) is 0 Å². The van der Waals surface area contributed by atoms with Gasteiger partial charge in [-0.05, 0) is 24.6 Å². The number of hydrogen-bond acceptors (Lipinski definition) is 7. The molecule has 0 aliphatic carbocycles. The molecule has 0 amide bonds. The number of rotatable bonds is 12. The number of ether oxygens (including phenoxy) is 4. The van der Waals surface area contributed by atoms with E-state index in [2.05, 4.69) is 0 Å². The van der Waals surface area contributed by atoms with Gasteiger partial charge in [0.25, 0.3) is 0 Å². The first-order valence-electron chi connectivity index (χ1n) is 9.95. The highest BCUT2D eigenvalue weighted by atomic mass is 19.4. The van der Waals surface area contributed by atoms with Crippen LogP contribution in [0.1, 0.15) is 24.5 Å². The normalized spacial score (nSPS) is 12.2. The second-order valence-electron chi connectivity index (χ2n) is 6.77. The van der Waals surface area contributed by atoms with Gasteiger partial charge in [-0.25, -0.2) is 4.79 Å². The number of fused-ring (bicyclic) bond motifs is 1. The second kappa shape index (κ2) is 11.4. The van der Waals surface area contributed by atoms with Crippen LogP contribution in [0.15, 0.2) is 27.4 Å². The molecule has 0 aliphatic heterocycles. The third-order valence-corrected chi connectivity index (χ3v) is 4.46. The van der Waals surface area contributed by atoms with Crippen LogP contribution in [0, 0.1) is 6.92 Å². The van der Waals surface area contributed by atoms with E-state index in [9.17, 15) is 31.5 Å². The van der Waals surface area contributed by atoms with E-state index in [1.54, 1.807) is 6.92 Å². The van der Waals surface area contributed by atoms with E-state index in [-0.39, 0.29) is 62.3 Å². The number of alkyl halides is 5. The minimum Gasteiger partial charge on any atom is -0.491 e. The first kappa shape index (κ1) is 26.5. The topological polar surface area (TPSA) is 84.2 Å². The molecule has 0 unspecified atom stereocenters. The van der Waals surface area contributed by atoms with Gasteiger partial charge in [-0.15, -0.1) is 0 Å². The van der Waals surface area contributed by atoms with Crippen molar-refractivity contribution < 1.29 is 50.1 Å². The molecule has 12 heteroatoms. The highest BCUT2D eigenvalue weighted by Crippen LogP contribution is 2.44. The SMILES string of the molecule is CCC(=O)OCCOCCOCCOc1ccc2c(C)c(C(F)(F)C(F)(F)F)c(=O)oc2c1. The largest absolute Gasteiger partial charge is 0.491 e. The predicted molar refractivity (Wildman–Crippen MR) is 106 cm³/mol. The quantitative estimate of drug-likeness (QED) is 0.195. The Balaban J connectivity index is 1.87. The summed E-state index contributed by atoms with van der Waals surface area (Å²) in [6, 6.07) is 3.81. The monoisotopic (exact) mass is 482 g/mol. The molecule has 0 saturated heterocycles. The van der Waals surface area contributed by atoms with Crippen LogP contribution in [0.25, 0.3) is 11.0 Å². The van der Waals surface area contributed by atoms with Crippen molar-refractivity contribution in [3.63, 3.8) is 0 Å². The Morgan fingerprint density at radius 3 is 2.18 bits per heavy atom. The smallest absolute Gasteiger partial charge is 0.458 e. The second-order valence-corrected chi connectivity index (χ2v) is 6.77. The summed E-state index contributed by atoms with van der Waals surface area (Å²) >= 11 is 0. The molecule has 33 heavy (non-hydrogen) atoms. The molecule has 0 bridgehead atoms. The number of esters is 1. The average molecular weight is 482 g/mol. The lowest BCUT2D eigenvalue weighted by Gasteiger charge is -2.20. The van der Waals surface area contributed by atoms with E-state index in [0.29, 0.717) is 6.42 Å². The van der Waals surface area contributed by atoms with Crippen molar-refractivity contribution in [2.24, 2.45) is 0 Å². The number of aryl methyl sites for hydroxylation is 1.